The molecule has 1 heterocycles. The molecule has 1 aliphatic rings. The molecule has 0 bridgehead atoms. The number of hydrogen-bond donors (Lipinski definition) is 3. The Morgan fingerprint density at radius 2 is 1.45 bits per heavy atom. The topological polar surface area (TPSA) is 87.0 Å². The van der Waals surface area contributed by atoms with Crippen molar-refractivity contribution in [2.24, 2.45) is 0 Å². The van der Waals surface area contributed by atoms with E-state index in [1.54, 1.807) is 60.7 Å². The minimum Gasteiger partial charge on any atom is -0.505 e. The Kier molecular flexibility index (Phi) is 3.35. The van der Waals surface area contributed by atoms with E-state index >= 15 is 0 Å². The number of aliphatic hydroxyl groups excluding tert-OH is 2. The first-order valence-corrected chi connectivity index (χ1v) is 6.71. The van der Waals surface area contributed by atoms with Gasteiger partial charge in [-0.2, -0.15) is 0 Å². The minimum atomic E-state index is -2.05. The molecule has 5 nitrogen and oxygen atoms in total. The van der Waals surface area contributed by atoms with E-state index in [-0.39, 0.29) is 0 Å². The SMILES string of the molecule is O=C1OC(c2ccccc2)C(O)(c2ccccc2)C(O)=C1O. The van der Waals surface area contributed by atoms with Gasteiger partial charge in [0.25, 0.3) is 0 Å². The van der Waals surface area contributed by atoms with Gasteiger partial charge in [0.2, 0.25) is 5.76 Å². The van der Waals surface area contributed by atoms with Gasteiger partial charge in [-0.05, 0) is 11.1 Å². The first kappa shape index (κ1) is 14.2. The van der Waals surface area contributed by atoms with Crippen LogP contribution >= 0.6 is 0 Å². The Balaban J connectivity index is 2.22. The Hall–Kier alpha value is -2.79. The van der Waals surface area contributed by atoms with Crippen molar-refractivity contribution in [2.45, 2.75) is 11.7 Å². The van der Waals surface area contributed by atoms with Gasteiger partial charge in [-0.3, -0.25) is 0 Å². The van der Waals surface area contributed by atoms with E-state index in [0.29, 0.717) is 11.1 Å². The number of hydrogen-bond acceptors (Lipinski definition) is 5. The fraction of sp³-hybridized carbons (Fsp3) is 0.118. The van der Waals surface area contributed by atoms with Gasteiger partial charge < -0.3 is 20.1 Å². The molecule has 1 aliphatic heterocycles. The molecular formula is C17H14O5. The molecule has 2 aromatic rings. The molecule has 0 aliphatic carbocycles. The maximum Gasteiger partial charge on any atom is 0.377 e. The molecule has 3 rings (SSSR count). The van der Waals surface area contributed by atoms with E-state index in [0.717, 1.165) is 0 Å². The minimum absolute atomic E-state index is 0.306. The first-order chi connectivity index (χ1) is 10.5. The largest absolute Gasteiger partial charge is 0.505 e. The van der Waals surface area contributed by atoms with Crippen LogP contribution in [0, 0.1) is 0 Å². The number of aliphatic hydroxyl groups is 3. The summed E-state index contributed by atoms with van der Waals surface area (Å²) in [7, 11) is 0. The summed E-state index contributed by atoms with van der Waals surface area (Å²) < 4.78 is 5.17. The van der Waals surface area contributed by atoms with Crippen LogP contribution in [0.3, 0.4) is 0 Å². The lowest BCUT2D eigenvalue weighted by atomic mass is 9.81. The number of carbonyl (C=O) groups is 1. The highest BCUT2D eigenvalue weighted by Crippen LogP contribution is 2.46. The van der Waals surface area contributed by atoms with Crippen molar-refractivity contribution in [1.82, 2.24) is 0 Å². The summed E-state index contributed by atoms with van der Waals surface area (Å²) in [5, 5.41) is 31.0. The van der Waals surface area contributed by atoms with Gasteiger partial charge in [0.15, 0.2) is 17.5 Å². The number of carbonyl (C=O) groups excluding carboxylic acids is 1. The summed E-state index contributed by atoms with van der Waals surface area (Å²) in [5.74, 6) is -2.88. The van der Waals surface area contributed by atoms with E-state index in [1.165, 1.54) is 0 Å². The van der Waals surface area contributed by atoms with Gasteiger partial charge in [0.05, 0.1) is 0 Å². The third-order valence-corrected chi connectivity index (χ3v) is 3.70. The van der Waals surface area contributed by atoms with Gasteiger partial charge >= 0.3 is 5.97 Å². The highest BCUT2D eigenvalue weighted by atomic mass is 16.6. The molecule has 2 aromatic carbocycles. The van der Waals surface area contributed by atoms with Gasteiger partial charge in [-0.15, -0.1) is 0 Å². The molecule has 0 saturated carbocycles. The first-order valence-electron chi connectivity index (χ1n) is 6.71. The summed E-state index contributed by atoms with van der Waals surface area (Å²) in [5.41, 5.74) is -1.25. The summed E-state index contributed by atoms with van der Waals surface area (Å²) >= 11 is 0. The zero-order valence-electron chi connectivity index (χ0n) is 11.5. The van der Waals surface area contributed by atoms with Crippen molar-refractivity contribution in [3.8, 4) is 0 Å². The Morgan fingerprint density at radius 3 is 2.05 bits per heavy atom. The zero-order chi connectivity index (χ0) is 15.7. The monoisotopic (exact) mass is 298 g/mol. The predicted molar refractivity (Wildman–Crippen MR) is 77.9 cm³/mol. The second-order valence-electron chi connectivity index (χ2n) is 5.03. The third kappa shape index (κ3) is 2.03. The normalized spacial score (nSPS) is 25.0. The van der Waals surface area contributed by atoms with Gasteiger partial charge in [0.1, 0.15) is 0 Å². The number of rotatable bonds is 2. The summed E-state index contributed by atoms with van der Waals surface area (Å²) in [6, 6.07) is 16.8. The number of benzene rings is 2. The van der Waals surface area contributed by atoms with E-state index in [2.05, 4.69) is 0 Å². The van der Waals surface area contributed by atoms with Crippen molar-refractivity contribution in [1.29, 1.82) is 0 Å². The molecule has 2 atom stereocenters. The van der Waals surface area contributed by atoms with Gasteiger partial charge in [-0.25, -0.2) is 4.79 Å². The van der Waals surface area contributed by atoms with Crippen LogP contribution in [0.1, 0.15) is 17.2 Å². The van der Waals surface area contributed by atoms with Crippen molar-refractivity contribution in [2.75, 3.05) is 0 Å². The fourth-order valence-electron chi connectivity index (χ4n) is 2.57. The molecular weight excluding hydrogens is 284 g/mol. The van der Waals surface area contributed by atoms with Crippen LogP contribution in [0.25, 0.3) is 0 Å². The molecule has 2 unspecified atom stereocenters. The van der Waals surface area contributed by atoms with Crippen molar-refractivity contribution in [3.63, 3.8) is 0 Å². The molecule has 112 valence electrons. The number of esters is 1. The van der Waals surface area contributed by atoms with E-state index < -0.39 is 29.2 Å². The summed E-state index contributed by atoms with van der Waals surface area (Å²) in [6.07, 6.45) is -1.17. The smallest absolute Gasteiger partial charge is 0.377 e. The molecule has 0 spiro atoms. The molecule has 0 amide bonds. The maximum absolute atomic E-state index is 11.7. The van der Waals surface area contributed by atoms with Crippen molar-refractivity contribution >= 4 is 5.97 Å². The van der Waals surface area contributed by atoms with Crippen LogP contribution in [0.4, 0.5) is 0 Å². The van der Waals surface area contributed by atoms with Crippen molar-refractivity contribution < 1.29 is 24.9 Å². The molecule has 3 N–H and O–H groups in total. The van der Waals surface area contributed by atoms with Crippen LogP contribution < -0.4 is 0 Å². The van der Waals surface area contributed by atoms with E-state index in [1.807, 2.05) is 0 Å². The Bertz CT molecular complexity index is 723. The van der Waals surface area contributed by atoms with Crippen LogP contribution in [-0.2, 0) is 15.1 Å². The van der Waals surface area contributed by atoms with Gasteiger partial charge in [0, 0.05) is 0 Å². The van der Waals surface area contributed by atoms with Crippen molar-refractivity contribution in [3.05, 3.63) is 83.3 Å². The average molecular weight is 298 g/mol. The van der Waals surface area contributed by atoms with Crippen LogP contribution in [0.2, 0.25) is 0 Å². The molecule has 0 aromatic heterocycles. The average Bonchev–Trinajstić information content (AvgIpc) is 2.58. The molecule has 0 saturated heterocycles. The highest BCUT2D eigenvalue weighted by Gasteiger charge is 2.52. The predicted octanol–water partition coefficient (Wildman–Crippen LogP) is 2.50. The lowest BCUT2D eigenvalue weighted by molar-refractivity contribution is -0.175. The van der Waals surface area contributed by atoms with E-state index in [4.69, 9.17) is 4.74 Å². The number of cyclic esters (lactones) is 1. The number of ether oxygens (including phenoxy) is 1. The third-order valence-electron chi connectivity index (χ3n) is 3.70. The maximum atomic E-state index is 11.7. The van der Waals surface area contributed by atoms with Gasteiger partial charge in [-0.1, -0.05) is 60.7 Å². The Morgan fingerprint density at radius 1 is 0.909 bits per heavy atom. The van der Waals surface area contributed by atoms with Crippen LogP contribution in [0.5, 0.6) is 0 Å². The highest BCUT2D eigenvalue weighted by molar-refractivity contribution is 5.88. The Labute approximate surface area is 126 Å². The second kappa shape index (κ2) is 5.20. The molecule has 0 fully saturated rings. The standard InChI is InChI=1S/C17H14O5/c18-13-14(19)17(21,12-9-5-2-6-10-12)15(22-16(13)20)11-7-3-1-4-8-11/h1-10,15,18-19,21H. The second-order valence-corrected chi connectivity index (χ2v) is 5.03. The quantitative estimate of drug-likeness (QED) is 0.742. The lowest BCUT2D eigenvalue weighted by Crippen LogP contribution is -2.43. The molecule has 0 radical (unpaired) electrons. The zero-order valence-corrected chi connectivity index (χ0v) is 11.5. The van der Waals surface area contributed by atoms with E-state index in [9.17, 15) is 20.1 Å². The summed E-state index contributed by atoms with van der Waals surface area (Å²) in [4.78, 5) is 11.7. The fourth-order valence-corrected chi connectivity index (χ4v) is 2.57. The molecule has 22 heavy (non-hydrogen) atoms. The summed E-state index contributed by atoms with van der Waals surface area (Å²) in [6.45, 7) is 0. The van der Waals surface area contributed by atoms with Crippen LogP contribution in [0.15, 0.2) is 72.2 Å². The van der Waals surface area contributed by atoms with Crippen LogP contribution in [-0.4, -0.2) is 21.3 Å². The lowest BCUT2D eigenvalue weighted by Gasteiger charge is -2.38. The molecule has 5 heteroatoms.